The van der Waals surface area contributed by atoms with E-state index >= 15 is 0 Å². The fraction of sp³-hybridized carbons (Fsp3) is 0.857. The van der Waals surface area contributed by atoms with Crippen LogP contribution >= 0.6 is 11.8 Å². The summed E-state index contributed by atoms with van der Waals surface area (Å²) in [5.74, 6) is 0. The van der Waals surface area contributed by atoms with Crippen molar-refractivity contribution in [3.63, 3.8) is 0 Å². The predicted octanol–water partition coefficient (Wildman–Crippen LogP) is 1.57. The fourth-order valence-electron chi connectivity index (χ4n) is 1.05. The molecule has 0 saturated carbocycles. The number of hydrogen-bond donors (Lipinski definition) is 0. The Hall–Kier alpha value is 0.0200. The molecule has 0 fully saturated rings. The highest BCUT2D eigenvalue weighted by atomic mass is 32.2. The number of hydrogen-bond acceptors (Lipinski definition) is 1. The molecule has 0 bridgehead atoms. The second-order valence-electron chi connectivity index (χ2n) is 2.69. The van der Waals surface area contributed by atoms with Crippen molar-refractivity contribution < 1.29 is 4.58 Å². The molecule has 0 aromatic rings. The van der Waals surface area contributed by atoms with E-state index in [1.54, 1.807) is 0 Å². The average molecular weight is 144 g/mol. The third-order valence-corrected chi connectivity index (χ3v) is 3.54. The molecule has 1 heterocycles. The molecule has 0 aromatic carbocycles. The van der Waals surface area contributed by atoms with Gasteiger partial charge in [0.25, 0.3) is 0 Å². The quantitative estimate of drug-likeness (QED) is 0.466. The molecule has 52 valence electrons. The van der Waals surface area contributed by atoms with E-state index in [-0.39, 0.29) is 0 Å². The molecule has 9 heavy (non-hydrogen) atoms. The maximum Gasteiger partial charge on any atom is 0.207 e. The Morgan fingerprint density at radius 3 is 2.11 bits per heavy atom. The molecule has 0 saturated heterocycles. The minimum Gasteiger partial charge on any atom is -0.227 e. The van der Waals surface area contributed by atoms with E-state index in [4.69, 9.17) is 0 Å². The van der Waals surface area contributed by atoms with Gasteiger partial charge < -0.3 is 0 Å². The van der Waals surface area contributed by atoms with E-state index in [0.29, 0.717) is 0 Å². The van der Waals surface area contributed by atoms with Crippen molar-refractivity contribution in [3.05, 3.63) is 0 Å². The van der Waals surface area contributed by atoms with E-state index in [1.807, 2.05) is 11.8 Å². The van der Waals surface area contributed by atoms with E-state index in [9.17, 15) is 0 Å². The van der Waals surface area contributed by atoms with Gasteiger partial charge in [0.15, 0.2) is 6.04 Å². The van der Waals surface area contributed by atoms with E-state index < -0.39 is 0 Å². The first-order chi connectivity index (χ1) is 4.13. The topological polar surface area (TPSA) is 3.01 Å². The van der Waals surface area contributed by atoms with Crippen molar-refractivity contribution in [3.8, 4) is 0 Å². The molecule has 0 spiro atoms. The minimum absolute atomic E-state index is 0.718. The summed E-state index contributed by atoms with van der Waals surface area (Å²) < 4.78 is 2.34. The van der Waals surface area contributed by atoms with Gasteiger partial charge in [0, 0.05) is 6.92 Å². The monoisotopic (exact) mass is 144 g/mol. The van der Waals surface area contributed by atoms with Crippen molar-refractivity contribution >= 4 is 16.8 Å². The Morgan fingerprint density at radius 2 is 2.00 bits per heavy atom. The Bertz CT molecular complexity index is 151. The summed E-state index contributed by atoms with van der Waals surface area (Å²) >= 11 is 1.98. The van der Waals surface area contributed by atoms with Crippen LogP contribution in [0.1, 0.15) is 20.8 Å². The molecule has 0 radical (unpaired) electrons. The van der Waals surface area contributed by atoms with E-state index in [0.717, 1.165) is 11.3 Å². The summed E-state index contributed by atoms with van der Waals surface area (Å²) in [7, 11) is 2.16. The highest BCUT2D eigenvalue weighted by Gasteiger charge is 2.31. The van der Waals surface area contributed by atoms with Crippen molar-refractivity contribution in [2.45, 2.75) is 32.1 Å². The summed E-state index contributed by atoms with van der Waals surface area (Å²) in [6.45, 7) is 6.74. The predicted molar refractivity (Wildman–Crippen MR) is 43.4 cm³/mol. The van der Waals surface area contributed by atoms with Crippen LogP contribution in [0.15, 0.2) is 0 Å². The Morgan fingerprint density at radius 1 is 1.44 bits per heavy atom. The summed E-state index contributed by atoms with van der Waals surface area (Å²) in [4.78, 5) is 0. The van der Waals surface area contributed by atoms with Gasteiger partial charge in [-0.3, -0.25) is 0 Å². The number of thioether (sulfide) groups is 1. The zero-order valence-electron chi connectivity index (χ0n) is 6.51. The largest absolute Gasteiger partial charge is 0.227 e. The number of rotatable bonds is 0. The third-order valence-electron chi connectivity index (χ3n) is 2.14. The van der Waals surface area contributed by atoms with Crippen LogP contribution in [-0.2, 0) is 0 Å². The van der Waals surface area contributed by atoms with Crippen LogP contribution in [0.5, 0.6) is 0 Å². The van der Waals surface area contributed by atoms with Gasteiger partial charge in [0.2, 0.25) is 5.04 Å². The van der Waals surface area contributed by atoms with Gasteiger partial charge >= 0.3 is 0 Å². The molecule has 1 nitrogen and oxygen atoms in total. The smallest absolute Gasteiger partial charge is 0.207 e. The lowest BCUT2D eigenvalue weighted by Gasteiger charge is -2.02. The van der Waals surface area contributed by atoms with Crippen LogP contribution in [0.3, 0.4) is 0 Å². The SMILES string of the molecule is CC1=[N+](C)[C@H](C)[C@H](C)S1. The molecule has 2 atom stereocenters. The summed E-state index contributed by atoms with van der Waals surface area (Å²) in [6, 6.07) is 0.718. The lowest BCUT2D eigenvalue weighted by molar-refractivity contribution is -0.527. The van der Waals surface area contributed by atoms with Gasteiger partial charge in [-0.25, -0.2) is 4.58 Å². The first-order valence-corrected chi connectivity index (χ1v) is 4.24. The lowest BCUT2D eigenvalue weighted by Crippen LogP contribution is -2.22. The van der Waals surface area contributed by atoms with Crippen LogP contribution in [0.25, 0.3) is 0 Å². The summed E-state index contributed by atoms with van der Waals surface area (Å²) in [5, 5.41) is 2.23. The molecule has 0 aromatic heterocycles. The average Bonchev–Trinajstić information content (AvgIpc) is 1.98. The van der Waals surface area contributed by atoms with Crippen molar-refractivity contribution in [1.82, 2.24) is 0 Å². The Balaban J connectivity index is 2.74. The maximum atomic E-state index is 2.34. The first-order valence-electron chi connectivity index (χ1n) is 3.36. The van der Waals surface area contributed by atoms with Crippen LogP contribution in [0, 0.1) is 0 Å². The fourth-order valence-corrected chi connectivity index (χ4v) is 2.30. The molecule has 0 aliphatic carbocycles. The Labute approximate surface area is 61.2 Å². The number of nitrogens with zero attached hydrogens (tertiary/aromatic N) is 1. The molecular formula is C7H14NS+. The van der Waals surface area contributed by atoms with Crippen molar-refractivity contribution in [1.29, 1.82) is 0 Å². The van der Waals surface area contributed by atoms with Crippen LogP contribution < -0.4 is 0 Å². The van der Waals surface area contributed by atoms with Crippen molar-refractivity contribution in [2.75, 3.05) is 7.05 Å². The molecule has 0 N–H and O–H groups in total. The Kier molecular flexibility index (Phi) is 1.85. The second-order valence-corrected chi connectivity index (χ2v) is 4.26. The van der Waals surface area contributed by atoms with Gasteiger partial charge in [-0.1, -0.05) is 11.8 Å². The van der Waals surface area contributed by atoms with Gasteiger partial charge in [0.1, 0.15) is 7.05 Å². The van der Waals surface area contributed by atoms with Gasteiger partial charge in [-0.05, 0) is 13.8 Å². The van der Waals surface area contributed by atoms with E-state index in [2.05, 4.69) is 32.4 Å². The first kappa shape index (κ1) is 7.13. The van der Waals surface area contributed by atoms with Gasteiger partial charge in [-0.15, -0.1) is 0 Å². The van der Waals surface area contributed by atoms with Crippen LogP contribution in [-0.4, -0.2) is 28.0 Å². The van der Waals surface area contributed by atoms with Crippen LogP contribution in [0.4, 0.5) is 0 Å². The van der Waals surface area contributed by atoms with Crippen molar-refractivity contribution in [2.24, 2.45) is 0 Å². The molecule has 1 aliphatic heterocycles. The van der Waals surface area contributed by atoms with Gasteiger partial charge in [0.05, 0.1) is 5.25 Å². The highest BCUT2D eigenvalue weighted by molar-refractivity contribution is 8.14. The molecule has 0 unspecified atom stereocenters. The minimum atomic E-state index is 0.718. The molecule has 1 aliphatic rings. The molecule has 1 rings (SSSR count). The maximum absolute atomic E-state index is 2.34. The standard InChI is InChI=1S/C7H14NS/c1-5-6(2)9-7(3)8(5)4/h5-6H,1-4H3/q+1/t5-,6+/m1/s1. The third kappa shape index (κ3) is 1.13. The molecule has 0 amide bonds. The van der Waals surface area contributed by atoms with Crippen LogP contribution in [0.2, 0.25) is 0 Å². The molecule has 2 heteroatoms. The van der Waals surface area contributed by atoms with E-state index in [1.165, 1.54) is 5.04 Å². The second kappa shape index (κ2) is 2.33. The lowest BCUT2D eigenvalue weighted by atomic mass is 10.2. The normalized spacial score (nSPS) is 36.0. The summed E-state index contributed by atoms with van der Waals surface area (Å²) in [5.41, 5.74) is 0. The summed E-state index contributed by atoms with van der Waals surface area (Å²) in [6.07, 6.45) is 0. The zero-order valence-corrected chi connectivity index (χ0v) is 7.33. The van der Waals surface area contributed by atoms with Gasteiger partial charge in [-0.2, -0.15) is 0 Å². The molecular weight excluding hydrogens is 130 g/mol. The highest BCUT2D eigenvalue weighted by Crippen LogP contribution is 2.24. The zero-order chi connectivity index (χ0) is 7.02.